The average Bonchev–Trinajstić information content (AvgIpc) is 2.82. The summed E-state index contributed by atoms with van der Waals surface area (Å²) in [7, 11) is 0. The Morgan fingerprint density at radius 3 is 2.28 bits per heavy atom. The van der Waals surface area contributed by atoms with Crippen LogP contribution in [0.5, 0.6) is 0 Å². The highest BCUT2D eigenvalue weighted by atomic mass is 16.5. The number of rotatable bonds is 2. The van der Waals surface area contributed by atoms with Crippen molar-refractivity contribution in [1.29, 1.82) is 0 Å². The summed E-state index contributed by atoms with van der Waals surface area (Å²) >= 11 is 0. The standard InChI is InChI=1S/C15H26O3/c1-2-4-14(17-8-3-1)12-5-6-15(18-11-12)13-7-9-16-10-13/h12-15H,1-11H2. The minimum Gasteiger partial charge on any atom is -0.381 e. The molecule has 3 aliphatic rings. The highest BCUT2D eigenvalue weighted by molar-refractivity contribution is 4.82. The molecule has 3 nitrogen and oxygen atoms in total. The predicted molar refractivity (Wildman–Crippen MR) is 69.6 cm³/mol. The van der Waals surface area contributed by atoms with Crippen LogP contribution < -0.4 is 0 Å². The monoisotopic (exact) mass is 254 g/mol. The van der Waals surface area contributed by atoms with E-state index in [1.807, 2.05) is 0 Å². The molecule has 4 atom stereocenters. The summed E-state index contributed by atoms with van der Waals surface area (Å²) in [6.45, 7) is 3.71. The van der Waals surface area contributed by atoms with Gasteiger partial charge in [-0.05, 0) is 32.1 Å². The van der Waals surface area contributed by atoms with Crippen LogP contribution >= 0.6 is 0 Å². The van der Waals surface area contributed by atoms with E-state index >= 15 is 0 Å². The maximum atomic E-state index is 6.11. The molecule has 4 unspecified atom stereocenters. The van der Waals surface area contributed by atoms with Gasteiger partial charge in [-0.2, -0.15) is 0 Å². The molecule has 18 heavy (non-hydrogen) atoms. The molecule has 0 radical (unpaired) electrons. The fraction of sp³-hybridized carbons (Fsp3) is 1.00. The minimum absolute atomic E-state index is 0.453. The fourth-order valence-corrected chi connectivity index (χ4v) is 3.62. The minimum atomic E-state index is 0.453. The van der Waals surface area contributed by atoms with Crippen molar-refractivity contribution in [2.45, 2.75) is 57.2 Å². The Kier molecular flexibility index (Phi) is 4.55. The van der Waals surface area contributed by atoms with Crippen molar-refractivity contribution in [3.8, 4) is 0 Å². The molecule has 0 aromatic rings. The van der Waals surface area contributed by atoms with E-state index in [0.717, 1.165) is 26.4 Å². The van der Waals surface area contributed by atoms with Crippen molar-refractivity contribution in [3.05, 3.63) is 0 Å². The van der Waals surface area contributed by atoms with Crippen LogP contribution in [0.4, 0.5) is 0 Å². The van der Waals surface area contributed by atoms with Crippen LogP contribution in [0.2, 0.25) is 0 Å². The lowest BCUT2D eigenvalue weighted by atomic mass is 9.87. The van der Waals surface area contributed by atoms with E-state index in [9.17, 15) is 0 Å². The van der Waals surface area contributed by atoms with Crippen LogP contribution in [0.1, 0.15) is 44.9 Å². The van der Waals surface area contributed by atoms with Crippen LogP contribution in [-0.2, 0) is 14.2 Å². The van der Waals surface area contributed by atoms with Crippen molar-refractivity contribution in [2.24, 2.45) is 11.8 Å². The van der Waals surface area contributed by atoms with Crippen LogP contribution in [0, 0.1) is 11.8 Å². The largest absolute Gasteiger partial charge is 0.381 e. The van der Waals surface area contributed by atoms with Gasteiger partial charge in [0.05, 0.1) is 25.4 Å². The zero-order valence-electron chi connectivity index (χ0n) is 11.3. The molecule has 0 spiro atoms. The van der Waals surface area contributed by atoms with E-state index in [1.54, 1.807) is 0 Å². The molecular formula is C15H26O3. The number of hydrogen-bond donors (Lipinski definition) is 0. The molecule has 3 rings (SSSR count). The molecule has 3 heteroatoms. The Labute approximate surface area is 110 Å². The van der Waals surface area contributed by atoms with Crippen LogP contribution in [0.3, 0.4) is 0 Å². The van der Waals surface area contributed by atoms with Gasteiger partial charge in [0.15, 0.2) is 0 Å². The molecule has 0 amide bonds. The van der Waals surface area contributed by atoms with Crippen molar-refractivity contribution in [1.82, 2.24) is 0 Å². The molecule has 3 aliphatic heterocycles. The van der Waals surface area contributed by atoms with Gasteiger partial charge in [0, 0.05) is 25.0 Å². The topological polar surface area (TPSA) is 27.7 Å². The third kappa shape index (κ3) is 3.06. The zero-order valence-corrected chi connectivity index (χ0v) is 11.3. The van der Waals surface area contributed by atoms with Gasteiger partial charge in [-0.15, -0.1) is 0 Å². The lowest BCUT2D eigenvalue weighted by Crippen LogP contribution is -2.37. The Morgan fingerprint density at radius 1 is 0.611 bits per heavy atom. The van der Waals surface area contributed by atoms with Gasteiger partial charge in [0.2, 0.25) is 0 Å². The summed E-state index contributed by atoms with van der Waals surface area (Å²) in [6.07, 6.45) is 9.76. The second-order valence-corrected chi connectivity index (χ2v) is 6.09. The summed E-state index contributed by atoms with van der Waals surface area (Å²) in [5.41, 5.74) is 0. The molecule has 104 valence electrons. The highest BCUT2D eigenvalue weighted by Gasteiger charge is 2.34. The predicted octanol–water partition coefficient (Wildman–Crippen LogP) is 2.78. The first kappa shape index (κ1) is 12.9. The van der Waals surface area contributed by atoms with Gasteiger partial charge in [0.1, 0.15) is 0 Å². The van der Waals surface area contributed by atoms with Gasteiger partial charge in [0.25, 0.3) is 0 Å². The van der Waals surface area contributed by atoms with E-state index in [-0.39, 0.29) is 0 Å². The molecule has 0 aromatic carbocycles. The van der Waals surface area contributed by atoms with Crippen molar-refractivity contribution < 1.29 is 14.2 Å². The molecule has 3 saturated heterocycles. The second kappa shape index (κ2) is 6.36. The van der Waals surface area contributed by atoms with Gasteiger partial charge >= 0.3 is 0 Å². The van der Waals surface area contributed by atoms with Crippen molar-refractivity contribution in [3.63, 3.8) is 0 Å². The Morgan fingerprint density at radius 2 is 1.50 bits per heavy atom. The van der Waals surface area contributed by atoms with Crippen molar-refractivity contribution >= 4 is 0 Å². The Balaban J connectivity index is 1.46. The Hall–Kier alpha value is -0.120. The smallest absolute Gasteiger partial charge is 0.0626 e. The second-order valence-electron chi connectivity index (χ2n) is 6.09. The summed E-state index contributed by atoms with van der Waals surface area (Å²) in [6, 6.07) is 0. The third-order valence-corrected chi connectivity index (χ3v) is 4.83. The molecule has 0 saturated carbocycles. The first-order chi connectivity index (χ1) is 8.93. The SMILES string of the molecule is C1CCOC(C2CCC(C3CCOC3)OC2)CC1. The molecule has 0 N–H and O–H groups in total. The zero-order chi connectivity index (χ0) is 12.2. The van der Waals surface area contributed by atoms with E-state index < -0.39 is 0 Å². The summed E-state index contributed by atoms with van der Waals surface area (Å²) in [5.74, 6) is 1.29. The maximum Gasteiger partial charge on any atom is 0.0626 e. The van der Waals surface area contributed by atoms with Crippen LogP contribution in [-0.4, -0.2) is 38.6 Å². The Bertz CT molecular complexity index is 234. The lowest BCUT2D eigenvalue weighted by Gasteiger charge is -2.35. The summed E-state index contributed by atoms with van der Waals surface area (Å²) in [4.78, 5) is 0. The first-order valence-corrected chi connectivity index (χ1v) is 7.74. The molecule has 0 aliphatic carbocycles. The normalized spacial score (nSPS) is 42.7. The molecule has 0 aromatic heterocycles. The number of ether oxygens (including phenoxy) is 3. The fourth-order valence-electron chi connectivity index (χ4n) is 3.62. The van der Waals surface area contributed by atoms with E-state index in [4.69, 9.17) is 14.2 Å². The maximum absolute atomic E-state index is 6.11. The average molecular weight is 254 g/mol. The van der Waals surface area contributed by atoms with Gasteiger partial charge in [-0.25, -0.2) is 0 Å². The van der Waals surface area contributed by atoms with E-state index in [0.29, 0.717) is 24.0 Å². The lowest BCUT2D eigenvalue weighted by molar-refractivity contribution is -0.0926. The molecule has 0 bridgehead atoms. The quantitative estimate of drug-likeness (QED) is 0.758. The highest BCUT2D eigenvalue weighted by Crippen LogP contribution is 2.32. The van der Waals surface area contributed by atoms with Gasteiger partial charge in [-0.3, -0.25) is 0 Å². The summed E-state index contributed by atoms with van der Waals surface area (Å²) in [5, 5.41) is 0. The van der Waals surface area contributed by atoms with Crippen molar-refractivity contribution in [2.75, 3.05) is 26.4 Å². The molecule has 3 heterocycles. The van der Waals surface area contributed by atoms with Crippen LogP contribution in [0.25, 0.3) is 0 Å². The first-order valence-electron chi connectivity index (χ1n) is 7.74. The third-order valence-electron chi connectivity index (χ3n) is 4.83. The van der Waals surface area contributed by atoms with Gasteiger partial charge in [-0.1, -0.05) is 12.8 Å². The van der Waals surface area contributed by atoms with Gasteiger partial charge < -0.3 is 14.2 Å². The van der Waals surface area contributed by atoms with Crippen LogP contribution in [0.15, 0.2) is 0 Å². The summed E-state index contributed by atoms with van der Waals surface area (Å²) < 4.78 is 17.6. The number of hydrogen-bond acceptors (Lipinski definition) is 3. The van der Waals surface area contributed by atoms with E-state index in [2.05, 4.69) is 0 Å². The molecular weight excluding hydrogens is 228 g/mol. The molecule has 3 fully saturated rings. The van der Waals surface area contributed by atoms with E-state index in [1.165, 1.54) is 44.9 Å².